The zero-order chi connectivity index (χ0) is 12.3. The molecule has 0 atom stereocenters. The van der Waals surface area contributed by atoms with Crippen molar-refractivity contribution in [3.05, 3.63) is 56.5 Å². The van der Waals surface area contributed by atoms with E-state index in [9.17, 15) is 14.0 Å². The molecule has 0 bridgehead atoms. The summed E-state index contributed by atoms with van der Waals surface area (Å²) in [4.78, 5) is 24.1. The number of aromatic amines is 2. The minimum absolute atomic E-state index is 0.104. The summed E-state index contributed by atoms with van der Waals surface area (Å²) >= 11 is 1.06. The second-order valence-electron chi connectivity index (χ2n) is 3.19. The van der Waals surface area contributed by atoms with Gasteiger partial charge in [-0.15, -0.1) is 0 Å². The normalized spacial score (nSPS) is 10.4. The molecule has 0 amide bonds. The van der Waals surface area contributed by atoms with Crippen molar-refractivity contribution in [2.45, 2.75) is 10.8 Å². The highest BCUT2D eigenvalue weighted by atomic mass is 32.2. The van der Waals surface area contributed by atoms with Crippen LogP contribution in [0.1, 0.15) is 5.56 Å². The van der Waals surface area contributed by atoms with Crippen molar-refractivity contribution in [2.24, 2.45) is 0 Å². The van der Waals surface area contributed by atoms with Crippen molar-refractivity contribution >= 4 is 11.8 Å². The van der Waals surface area contributed by atoms with E-state index < -0.39 is 11.2 Å². The summed E-state index contributed by atoms with van der Waals surface area (Å²) in [5, 5.41) is 5.80. The summed E-state index contributed by atoms with van der Waals surface area (Å²) in [7, 11) is 0. The van der Waals surface area contributed by atoms with E-state index in [2.05, 4.69) is 10.2 Å². The first-order chi connectivity index (χ1) is 8.16. The maximum absolute atomic E-state index is 13.3. The molecular weight excluding hydrogens is 245 g/mol. The molecule has 0 aliphatic heterocycles. The summed E-state index contributed by atoms with van der Waals surface area (Å²) in [6.45, 7) is 0. The van der Waals surface area contributed by atoms with E-state index in [1.165, 1.54) is 6.07 Å². The second-order valence-corrected chi connectivity index (χ2v) is 4.16. The number of benzene rings is 1. The maximum atomic E-state index is 13.3. The Bertz CT molecular complexity index is 638. The average Bonchev–Trinajstić information content (AvgIpc) is 2.30. The molecule has 88 valence electrons. The van der Waals surface area contributed by atoms with Crippen LogP contribution in [0, 0.1) is 5.82 Å². The highest BCUT2D eigenvalue weighted by molar-refractivity contribution is 7.98. The molecular formula is C10H8FN3O2S. The average molecular weight is 253 g/mol. The van der Waals surface area contributed by atoms with Crippen molar-refractivity contribution in [1.29, 1.82) is 0 Å². The molecule has 0 spiro atoms. The molecule has 0 saturated carbocycles. The molecule has 0 aliphatic rings. The van der Waals surface area contributed by atoms with E-state index in [-0.39, 0.29) is 16.6 Å². The maximum Gasteiger partial charge on any atom is 0.342 e. The lowest BCUT2D eigenvalue weighted by Gasteiger charge is -2.01. The van der Waals surface area contributed by atoms with Crippen LogP contribution in [-0.2, 0) is 5.75 Å². The molecule has 0 saturated heterocycles. The highest BCUT2D eigenvalue weighted by Gasteiger charge is 2.06. The Hall–Kier alpha value is -1.89. The molecule has 1 aromatic carbocycles. The number of hydrogen-bond donors (Lipinski definition) is 2. The minimum atomic E-state index is -0.662. The Morgan fingerprint density at radius 3 is 2.76 bits per heavy atom. The summed E-state index contributed by atoms with van der Waals surface area (Å²) in [5.41, 5.74) is -0.759. The van der Waals surface area contributed by atoms with Gasteiger partial charge in [0, 0.05) is 5.75 Å². The molecule has 0 aliphatic carbocycles. The summed E-state index contributed by atoms with van der Waals surface area (Å²) in [6, 6.07) is 6.28. The first-order valence-electron chi connectivity index (χ1n) is 4.72. The highest BCUT2D eigenvalue weighted by Crippen LogP contribution is 2.18. The van der Waals surface area contributed by atoms with Gasteiger partial charge in [-0.2, -0.15) is 5.10 Å². The van der Waals surface area contributed by atoms with Crippen molar-refractivity contribution in [2.75, 3.05) is 0 Å². The van der Waals surface area contributed by atoms with Gasteiger partial charge in [0.05, 0.1) is 0 Å². The van der Waals surface area contributed by atoms with Gasteiger partial charge in [0.25, 0.3) is 5.56 Å². The standard InChI is InChI=1S/C10H8FN3O2S/c11-7-4-2-1-3-6(7)5-17-9-8(15)12-10(16)14-13-9/h1-4H,5H2,(H2,12,14,15,16). The molecule has 2 rings (SSSR count). The first-order valence-corrected chi connectivity index (χ1v) is 5.70. The fourth-order valence-electron chi connectivity index (χ4n) is 1.20. The lowest BCUT2D eigenvalue weighted by Crippen LogP contribution is -2.25. The van der Waals surface area contributed by atoms with Crippen molar-refractivity contribution in [3.8, 4) is 0 Å². The number of rotatable bonds is 3. The zero-order valence-electron chi connectivity index (χ0n) is 8.57. The molecule has 1 heterocycles. The minimum Gasteiger partial charge on any atom is -0.271 e. The van der Waals surface area contributed by atoms with Crippen LogP contribution >= 0.6 is 11.8 Å². The predicted octanol–water partition coefficient (Wildman–Crippen LogP) is 0.890. The number of thioether (sulfide) groups is 1. The summed E-state index contributed by atoms with van der Waals surface area (Å²) < 4.78 is 13.3. The lowest BCUT2D eigenvalue weighted by atomic mass is 10.2. The molecule has 17 heavy (non-hydrogen) atoms. The Balaban J connectivity index is 2.16. The number of aromatic nitrogens is 3. The number of hydrogen-bond acceptors (Lipinski definition) is 4. The number of nitrogens with one attached hydrogen (secondary N) is 2. The topological polar surface area (TPSA) is 78.6 Å². The van der Waals surface area contributed by atoms with Crippen LogP contribution in [-0.4, -0.2) is 15.2 Å². The number of halogens is 1. The third kappa shape index (κ3) is 2.82. The van der Waals surface area contributed by atoms with Crippen LogP contribution in [0.15, 0.2) is 38.9 Å². The van der Waals surface area contributed by atoms with Crippen LogP contribution in [0.3, 0.4) is 0 Å². The smallest absolute Gasteiger partial charge is 0.271 e. The fraction of sp³-hybridized carbons (Fsp3) is 0.100. The Labute approximate surface area is 99.1 Å². The van der Waals surface area contributed by atoms with Gasteiger partial charge in [0.2, 0.25) is 0 Å². The molecule has 2 N–H and O–H groups in total. The van der Waals surface area contributed by atoms with Crippen LogP contribution in [0.4, 0.5) is 4.39 Å². The predicted molar refractivity (Wildman–Crippen MR) is 61.4 cm³/mol. The van der Waals surface area contributed by atoms with Crippen LogP contribution < -0.4 is 11.2 Å². The van der Waals surface area contributed by atoms with Crippen molar-refractivity contribution in [1.82, 2.24) is 15.2 Å². The second kappa shape index (κ2) is 4.96. The van der Waals surface area contributed by atoms with E-state index in [0.717, 1.165) is 11.8 Å². The number of H-pyrrole nitrogens is 2. The number of nitrogens with zero attached hydrogens (tertiary/aromatic N) is 1. The van der Waals surface area contributed by atoms with E-state index in [0.29, 0.717) is 5.56 Å². The molecule has 2 aromatic rings. The van der Waals surface area contributed by atoms with Crippen LogP contribution in [0.25, 0.3) is 0 Å². The first kappa shape index (κ1) is 11.6. The van der Waals surface area contributed by atoms with Crippen molar-refractivity contribution in [3.63, 3.8) is 0 Å². The van der Waals surface area contributed by atoms with Gasteiger partial charge >= 0.3 is 5.69 Å². The third-order valence-electron chi connectivity index (χ3n) is 2.00. The zero-order valence-corrected chi connectivity index (χ0v) is 9.38. The quantitative estimate of drug-likeness (QED) is 0.796. The Morgan fingerprint density at radius 1 is 1.29 bits per heavy atom. The van der Waals surface area contributed by atoms with E-state index in [1.54, 1.807) is 18.2 Å². The fourth-order valence-corrected chi connectivity index (χ4v) is 2.01. The molecule has 1 aromatic heterocycles. The summed E-state index contributed by atoms with van der Waals surface area (Å²) in [5.74, 6) is -0.0599. The van der Waals surface area contributed by atoms with E-state index in [1.807, 2.05) is 4.98 Å². The van der Waals surface area contributed by atoms with Gasteiger partial charge in [0.1, 0.15) is 5.82 Å². The molecule has 0 unspecified atom stereocenters. The van der Waals surface area contributed by atoms with Crippen LogP contribution in [0.5, 0.6) is 0 Å². The van der Waals surface area contributed by atoms with Crippen molar-refractivity contribution < 1.29 is 4.39 Å². The molecule has 5 nitrogen and oxygen atoms in total. The Kier molecular flexibility index (Phi) is 3.38. The van der Waals surface area contributed by atoms with Crippen LogP contribution in [0.2, 0.25) is 0 Å². The van der Waals surface area contributed by atoms with E-state index in [4.69, 9.17) is 0 Å². The SMILES string of the molecule is O=c1[nH]nc(SCc2ccccc2F)c(=O)[nH]1. The van der Waals surface area contributed by atoms with Gasteiger partial charge in [-0.3, -0.25) is 9.78 Å². The summed E-state index contributed by atoms with van der Waals surface area (Å²) in [6.07, 6.45) is 0. The molecule has 7 heteroatoms. The van der Waals surface area contributed by atoms with Gasteiger partial charge in [-0.05, 0) is 11.6 Å². The van der Waals surface area contributed by atoms with Gasteiger partial charge in [-0.1, -0.05) is 30.0 Å². The lowest BCUT2D eigenvalue weighted by molar-refractivity contribution is 0.617. The molecule has 0 radical (unpaired) electrons. The van der Waals surface area contributed by atoms with Gasteiger partial charge in [0.15, 0.2) is 5.03 Å². The molecule has 0 fully saturated rings. The largest absolute Gasteiger partial charge is 0.342 e. The van der Waals surface area contributed by atoms with Gasteiger partial charge < -0.3 is 0 Å². The third-order valence-corrected chi connectivity index (χ3v) is 3.01. The van der Waals surface area contributed by atoms with Gasteiger partial charge in [-0.25, -0.2) is 14.3 Å². The Morgan fingerprint density at radius 2 is 2.06 bits per heavy atom. The monoisotopic (exact) mass is 253 g/mol. The van der Waals surface area contributed by atoms with E-state index >= 15 is 0 Å².